The van der Waals surface area contributed by atoms with Gasteiger partial charge in [0, 0.05) is 5.54 Å². The summed E-state index contributed by atoms with van der Waals surface area (Å²) in [5, 5.41) is 9.29. The molecule has 1 unspecified atom stereocenters. The van der Waals surface area contributed by atoms with Gasteiger partial charge in [0.2, 0.25) is 0 Å². The zero-order valence-electron chi connectivity index (χ0n) is 8.29. The van der Waals surface area contributed by atoms with Gasteiger partial charge in [-0.05, 0) is 49.4 Å². The van der Waals surface area contributed by atoms with Crippen LogP contribution in [0.5, 0.6) is 5.75 Å². The molecule has 0 spiro atoms. The molecule has 3 N–H and O–H groups in total. The normalized spacial score (nSPS) is 25.0. The molecule has 0 aromatic heterocycles. The number of aryl methyl sites for hydroxylation is 1. The Bertz CT molecular complexity index is 336. The first-order valence-electron chi connectivity index (χ1n) is 4.66. The van der Waals surface area contributed by atoms with Crippen LogP contribution < -0.4 is 5.73 Å². The Balaban J connectivity index is 0.000000980. The van der Waals surface area contributed by atoms with E-state index in [2.05, 4.69) is 6.92 Å². The Hall–Kier alpha value is -0.540. The van der Waals surface area contributed by atoms with Gasteiger partial charge in [-0.1, -0.05) is 6.07 Å². The fourth-order valence-electron chi connectivity index (χ4n) is 1.96. The lowest BCUT2D eigenvalue weighted by Crippen LogP contribution is -2.41. The zero-order valence-corrected chi connectivity index (χ0v) is 10.00. The van der Waals surface area contributed by atoms with Crippen molar-refractivity contribution in [3.05, 3.63) is 29.3 Å². The topological polar surface area (TPSA) is 46.2 Å². The average molecular weight is 258 g/mol. The van der Waals surface area contributed by atoms with Gasteiger partial charge in [-0.25, -0.2) is 0 Å². The fraction of sp³-hybridized carbons (Fsp3) is 0.455. The molecule has 3 heteroatoms. The number of nitrogens with two attached hydrogens (primary N) is 1. The van der Waals surface area contributed by atoms with Crippen molar-refractivity contribution in [1.29, 1.82) is 0 Å². The van der Waals surface area contributed by atoms with Crippen LogP contribution in [0.1, 0.15) is 24.5 Å². The van der Waals surface area contributed by atoms with Crippen molar-refractivity contribution in [2.45, 2.75) is 31.7 Å². The molecule has 1 aliphatic rings. The van der Waals surface area contributed by atoms with Gasteiger partial charge in [-0.15, -0.1) is 17.0 Å². The Morgan fingerprint density at radius 1 is 1.36 bits per heavy atom. The molecular weight excluding hydrogens is 242 g/mol. The van der Waals surface area contributed by atoms with E-state index in [0.717, 1.165) is 19.3 Å². The van der Waals surface area contributed by atoms with Gasteiger partial charge in [-0.2, -0.15) is 0 Å². The van der Waals surface area contributed by atoms with E-state index >= 15 is 0 Å². The third kappa shape index (κ3) is 2.28. The van der Waals surface area contributed by atoms with Gasteiger partial charge in [0.25, 0.3) is 0 Å². The number of hydrogen-bond acceptors (Lipinski definition) is 2. The van der Waals surface area contributed by atoms with Crippen molar-refractivity contribution in [3.63, 3.8) is 0 Å². The van der Waals surface area contributed by atoms with Gasteiger partial charge in [-0.3, -0.25) is 0 Å². The molecule has 1 atom stereocenters. The third-order valence-electron chi connectivity index (χ3n) is 2.75. The van der Waals surface area contributed by atoms with Crippen molar-refractivity contribution in [3.8, 4) is 5.75 Å². The number of aromatic hydroxyl groups is 1. The fourth-order valence-corrected chi connectivity index (χ4v) is 1.96. The molecule has 1 aliphatic carbocycles. The molecule has 0 bridgehead atoms. The van der Waals surface area contributed by atoms with Gasteiger partial charge in [0.05, 0.1) is 0 Å². The molecule has 2 nitrogen and oxygen atoms in total. The summed E-state index contributed by atoms with van der Waals surface area (Å²) in [6, 6.07) is 5.57. The molecule has 0 aliphatic heterocycles. The molecule has 1 aromatic rings. The lowest BCUT2D eigenvalue weighted by atomic mass is 9.80. The van der Waals surface area contributed by atoms with Crippen molar-refractivity contribution >= 4 is 17.0 Å². The van der Waals surface area contributed by atoms with Crippen molar-refractivity contribution in [2.75, 3.05) is 0 Å². The van der Waals surface area contributed by atoms with E-state index < -0.39 is 0 Å². The molecule has 0 saturated carbocycles. The molecule has 0 amide bonds. The van der Waals surface area contributed by atoms with Gasteiger partial charge < -0.3 is 10.8 Å². The quantitative estimate of drug-likeness (QED) is 0.749. The predicted octanol–water partition coefficient (Wildman–Crippen LogP) is 2.18. The highest BCUT2D eigenvalue weighted by molar-refractivity contribution is 8.93. The van der Waals surface area contributed by atoms with Crippen LogP contribution in [0, 0.1) is 0 Å². The summed E-state index contributed by atoms with van der Waals surface area (Å²) in [4.78, 5) is 0. The number of phenols is 1. The molecule has 0 saturated heterocycles. The second-order valence-electron chi connectivity index (χ2n) is 4.28. The van der Waals surface area contributed by atoms with E-state index in [1.807, 2.05) is 12.1 Å². The summed E-state index contributed by atoms with van der Waals surface area (Å²) in [6.07, 6.45) is 2.91. The highest BCUT2D eigenvalue weighted by Crippen LogP contribution is 2.28. The monoisotopic (exact) mass is 257 g/mol. The summed E-state index contributed by atoms with van der Waals surface area (Å²) in [6.45, 7) is 2.09. The summed E-state index contributed by atoms with van der Waals surface area (Å²) >= 11 is 0. The van der Waals surface area contributed by atoms with Crippen molar-refractivity contribution < 1.29 is 5.11 Å². The molecule has 0 radical (unpaired) electrons. The second kappa shape index (κ2) is 3.91. The summed E-state index contributed by atoms with van der Waals surface area (Å²) < 4.78 is 0. The number of rotatable bonds is 0. The summed E-state index contributed by atoms with van der Waals surface area (Å²) in [5.41, 5.74) is 8.54. The first-order chi connectivity index (χ1) is 6.07. The predicted molar refractivity (Wildman–Crippen MR) is 63.0 cm³/mol. The second-order valence-corrected chi connectivity index (χ2v) is 4.28. The lowest BCUT2D eigenvalue weighted by Gasteiger charge is -2.31. The molecule has 2 rings (SSSR count). The Morgan fingerprint density at radius 3 is 2.79 bits per heavy atom. The highest BCUT2D eigenvalue weighted by atomic mass is 79.9. The van der Waals surface area contributed by atoms with Crippen LogP contribution in [-0.2, 0) is 12.8 Å². The average Bonchev–Trinajstić information content (AvgIpc) is 2.05. The van der Waals surface area contributed by atoms with E-state index in [1.165, 1.54) is 11.1 Å². The highest BCUT2D eigenvalue weighted by Gasteiger charge is 2.25. The van der Waals surface area contributed by atoms with Crippen LogP contribution in [0.4, 0.5) is 0 Å². The Kier molecular flexibility index (Phi) is 3.22. The van der Waals surface area contributed by atoms with E-state index in [4.69, 9.17) is 5.73 Å². The van der Waals surface area contributed by atoms with E-state index in [-0.39, 0.29) is 22.5 Å². The summed E-state index contributed by atoms with van der Waals surface area (Å²) in [7, 11) is 0. The maximum atomic E-state index is 9.29. The summed E-state index contributed by atoms with van der Waals surface area (Å²) in [5.74, 6) is 0.361. The van der Waals surface area contributed by atoms with Crippen LogP contribution >= 0.6 is 17.0 Å². The van der Waals surface area contributed by atoms with Gasteiger partial charge in [0.15, 0.2) is 0 Å². The van der Waals surface area contributed by atoms with Crippen molar-refractivity contribution in [1.82, 2.24) is 0 Å². The van der Waals surface area contributed by atoms with Crippen LogP contribution in [0.25, 0.3) is 0 Å². The maximum absolute atomic E-state index is 9.29. The lowest BCUT2D eigenvalue weighted by molar-refractivity contribution is 0.406. The standard InChI is InChI=1S/C11H15NO.BrH/c1-11(12)5-4-8-6-10(13)3-2-9(8)7-11;/h2-3,6,13H,4-5,7,12H2,1H3;1H. The van der Waals surface area contributed by atoms with E-state index in [9.17, 15) is 5.11 Å². The van der Waals surface area contributed by atoms with Gasteiger partial charge in [0.1, 0.15) is 5.75 Å². The van der Waals surface area contributed by atoms with E-state index in [0.29, 0.717) is 5.75 Å². The minimum absolute atomic E-state index is 0. The molecule has 1 aromatic carbocycles. The zero-order chi connectivity index (χ0) is 9.47. The first kappa shape index (κ1) is 11.5. The first-order valence-corrected chi connectivity index (χ1v) is 4.66. The number of hydrogen-bond donors (Lipinski definition) is 2. The van der Waals surface area contributed by atoms with Crippen LogP contribution in [0.3, 0.4) is 0 Å². The molecular formula is C11H16BrNO. The van der Waals surface area contributed by atoms with Crippen LogP contribution in [0.2, 0.25) is 0 Å². The number of phenolic OH excluding ortho intramolecular Hbond substituents is 1. The van der Waals surface area contributed by atoms with Crippen LogP contribution in [-0.4, -0.2) is 10.6 Å². The van der Waals surface area contributed by atoms with E-state index in [1.54, 1.807) is 6.07 Å². The Morgan fingerprint density at radius 2 is 2.07 bits per heavy atom. The van der Waals surface area contributed by atoms with Gasteiger partial charge >= 0.3 is 0 Å². The minimum Gasteiger partial charge on any atom is -0.508 e. The third-order valence-corrected chi connectivity index (χ3v) is 2.75. The number of fused-ring (bicyclic) bond motifs is 1. The number of benzene rings is 1. The molecule has 0 fully saturated rings. The SMILES string of the molecule is Br.CC1(N)CCc2cc(O)ccc2C1. The largest absolute Gasteiger partial charge is 0.508 e. The Labute approximate surface area is 94.9 Å². The minimum atomic E-state index is -0.0655. The molecule has 78 valence electrons. The van der Waals surface area contributed by atoms with Crippen molar-refractivity contribution in [2.24, 2.45) is 5.73 Å². The van der Waals surface area contributed by atoms with Crippen LogP contribution in [0.15, 0.2) is 18.2 Å². The smallest absolute Gasteiger partial charge is 0.115 e. The maximum Gasteiger partial charge on any atom is 0.115 e. The molecule has 0 heterocycles. The molecule has 14 heavy (non-hydrogen) atoms. The number of halogens is 1.